The Kier molecular flexibility index (Phi) is 3.32. The Morgan fingerprint density at radius 1 is 1.59 bits per heavy atom. The van der Waals surface area contributed by atoms with Gasteiger partial charge >= 0.3 is 0 Å². The van der Waals surface area contributed by atoms with Gasteiger partial charge in [0.2, 0.25) is 0 Å². The zero-order chi connectivity index (χ0) is 12.3. The number of nitriles is 1. The van der Waals surface area contributed by atoms with E-state index in [-0.39, 0.29) is 6.61 Å². The van der Waals surface area contributed by atoms with Crippen molar-refractivity contribution in [3.05, 3.63) is 29.3 Å². The minimum Gasteiger partial charge on any atom is -0.497 e. The van der Waals surface area contributed by atoms with E-state index in [0.717, 1.165) is 24.2 Å². The van der Waals surface area contributed by atoms with Gasteiger partial charge in [0.25, 0.3) is 0 Å². The Bertz CT molecular complexity index is 453. The van der Waals surface area contributed by atoms with Gasteiger partial charge in [-0.2, -0.15) is 5.26 Å². The van der Waals surface area contributed by atoms with Crippen LogP contribution in [0.15, 0.2) is 18.2 Å². The summed E-state index contributed by atoms with van der Waals surface area (Å²) in [4.78, 5) is 0. The van der Waals surface area contributed by atoms with Crippen LogP contribution < -0.4 is 10.1 Å². The number of nitrogens with zero attached hydrogens (tertiary/aromatic N) is 1. The summed E-state index contributed by atoms with van der Waals surface area (Å²) >= 11 is 0. The van der Waals surface area contributed by atoms with Crippen molar-refractivity contribution >= 4 is 0 Å². The first-order valence-corrected chi connectivity index (χ1v) is 5.70. The first-order valence-electron chi connectivity index (χ1n) is 5.70. The van der Waals surface area contributed by atoms with E-state index < -0.39 is 5.54 Å². The summed E-state index contributed by atoms with van der Waals surface area (Å²) in [5.41, 5.74) is 1.48. The van der Waals surface area contributed by atoms with Crippen LogP contribution in [0.5, 0.6) is 5.75 Å². The van der Waals surface area contributed by atoms with E-state index in [9.17, 15) is 5.26 Å². The second-order valence-electron chi connectivity index (χ2n) is 4.19. The highest BCUT2D eigenvalue weighted by molar-refractivity contribution is 5.47. The van der Waals surface area contributed by atoms with Gasteiger partial charge in [-0.1, -0.05) is 6.07 Å². The maximum Gasteiger partial charge on any atom is 0.133 e. The normalized spacial score (nSPS) is 21.9. The first kappa shape index (κ1) is 11.9. The lowest BCUT2D eigenvalue weighted by Gasteiger charge is -2.23. The zero-order valence-electron chi connectivity index (χ0n) is 9.86. The van der Waals surface area contributed by atoms with Gasteiger partial charge in [0.15, 0.2) is 0 Å². The van der Waals surface area contributed by atoms with E-state index in [2.05, 4.69) is 11.4 Å². The Morgan fingerprint density at radius 3 is 3.06 bits per heavy atom. The number of hydrogen-bond acceptors (Lipinski definition) is 4. The third kappa shape index (κ3) is 1.99. The van der Waals surface area contributed by atoms with Crippen molar-refractivity contribution in [3.63, 3.8) is 0 Å². The SMILES string of the molecule is COc1ccc2c(c1)C(C#N)(NCCO)CC2. The molecule has 0 amide bonds. The summed E-state index contributed by atoms with van der Waals surface area (Å²) in [7, 11) is 1.62. The minimum absolute atomic E-state index is 0.0305. The van der Waals surface area contributed by atoms with Crippen LogP contribution in [0.2, 0.25) is 0 Å². The maximum atomic E-state index is 9.42. The van der Waals surface area contributed by atoms with Crippen molar-refractivity contribution in [2.24, 2.45) is 0 Å². The first-order chi connectivity index (χ1) is 8.25. The number of aliphatic hydroxyl groups is 1. The molecule has 4 heteroatoms. The molecule has 0 saturated carbocycles. The second kappa shape index (κ2) is 4.74. The van der Waals surface area contributed by atoms with E-state index in [0.29, 0.717) is 6.54 Å². The lowest BCUT2D eigenvalue weighted by Crippen LogP contribution is -2.40. The molecule has 4 nitrogen and oxygen atoms in total. The average molecular weight is 232 g/mol. The fraction of sp³-hybridized carbons (Fsp3) is 0.462. The van der Waals surface area contributed by atoms with Crippen molar-refractivity contribution in [1.82, 2.24) is 5.32 Å². The molecule has 0 aromatic heterocycles. The lowest BCUT2D eigenvalue weighted by atomic mass is 9.93. The van der Waals surface area contributed by atoms with Gasteiger partial charge in [0, 0.05) is 6.54 Å². The highest BCUT2D eigenvalue weighted by atomic mass is 16.5. The van der Waals surface area contributed by atoms with Crippen LogP contribution in [0, 0.1) is 11.3 Å². The molecule has 0 radical (unpaired) electrons. The van der Waals surface area contributed by atoms with E-state index >= 15 is 0 Å². The molecule has 2 N–H and O–H groups in total. The van der Waals surface area contributed by atoms with Crippen LogP contribution in [-0.2, 0) is 12.0 Å². The van der Waals surface area contributed by atoms with Crippen molar-refractivity contribution < 1.29 is 9.84 Å². The average Bonchev–Trinajstić information content (AvgIpc) is 2.75. The fourth-order valence-electron chi connectivity index (χ4n) is 2.36. The molecule has 0 saturated heterocycles. The van der Waals surface area contributed by atoms with Crippen LogP contribution in [0.3, 0.4) is 0 Å². The second-order valence-corrected chi connectivity index (χ2v) is 4.19. The molecule has 0 bridgehead atoms. The van der Waals surface area contributed by atoms with E-state index in [4.69, 9.17) is 9.84 Å². The molecule has 1 aliphatic rings. The van der Waals surface area contributed by atoms with E-state index in [1.54, 1.807) is 7.11 Å². The molecule has 1 atom stereocenters. The highest BCUT2D eigenvalue weighted by Gasteiger charge is 2.38. The summed E-state index contributed by atoms with van der Waals surface area (Å²) < 4.78 is 5.20. The van der Waals surface area contributed by atoms with E-state index in [1.165, 1.54) is 5.56 Å². The molecule has 1 aliphatic carbocycles. The molecule has 0 spiro atoms. The number of methoxy groups -OCH3 is 1. The molecular weight excluding hydrogens is 216 g/mol. The molecule has 1 aromatic carbocycles. The van der Waals surface area contributed by atoms with Crippen molar-refractivity contribution in [3.8, 4) is 11.8 Å². The van der Waals surface area contributed by atoms with Crippen molar-refractivity contribution in [2.75, 3.05) is 20.3 Å². The molecule has 1 aromatic rings. The lowest BCUT2D eigenvalue weighted by molar-refractivity contribution is 0.271. The topological polar surface area (TPSA) is 65.3 Å². The number of fused-ring (bicyclic) bond motifs is 1. The Morgan fingerprint density at radius 2 is 2.41 bits per heavy atom. The van der Waals surface area contributed by atoms with Gasteiger partial charge in [-0.15, -0.1) is 0 Å². The summed E-state index contributed by atoms with van der Waals surface area (Å²) in [5.74, 6) is 0.760. The van der Waals surface area contributed by atoms with Gasteiger partial charge < -0.3 is 9.84 Å². The number of aliphatic hydroxyl groups excluding tert-OH is 1. The summed E-state index contributed by atoms with van der Waals surface area (Å²) in [6.07, 6.45) is 1.62. The van der Waals surface area contributed by atoms with Gasteiger partial charge in [0.05, 0.1) is 19.8 Å². The van der Waals surface area contributed by atoms with Crippen LogP contribution in [0.4, 0.5) is 0 Å². The third-order valence-electron chi connectivity index (χ3n) is 3.28. The summed E-state index contributed by atoms with van der Waals surface area (Å²) in [6, 6.07) is 8.18. The van der Waals surface area contributed by atoms with Gasteiger partial charge in [-0.3, -0.25) is 5.32 Å². The van der Waals surface area contributed by atoms with Crippen molar-refractivity contribution in [1.29, 1.82) is 5.26 Å². The number of aryl methyl sites for hydroxylation is 1. The molecule has 2 rings (SSSR count). The van der Waals surface area contributed by atoms with Crippen molar-refractivity contribution in [2.45, 2.75) is 18.4 Å². The number of rotatable bonds is 4. The zero-order valence-corrected chi connectivity index (χ0v) is 9.86. The molecule has 0 aliphatic heterocycles. The number of hydrogen-bond donors (Lipinski definition) is 2. The molecule has 17 heavy (non-hydrogen) atoms. The minimum atomic E-state index is -0.674. The standard InChI is InChI=1S/C13H16N2O2/c1-17-11-3-2-10-4-5-13(9-14,12(10)8-11)15-6-7-16/h2-3,8,15-16H,4-7H2,1H3. The van der Waals surface area contributed by atoms with E-state index in [1.807, 2.05) is 18.2 Å². The Balaban J connectivity index is 2.38. The van der Waals surface area contributed by atoms with Crippen LogP contribution in [0.1, 0.15) is 17.5 Å². The number of ether oxygens (including phenoxy) is 1. The molecular formula is C13H16N2O2. The predicted octanol–water partition coefficient (Wildman–Crippen LogP) is 0.942. The molecule has 90 valence electrons. The molecule has 0 fully saturated rings. The smallest absolute Gasteiger partial charge is 0.133 e. The van der Waals surface area contributed by atoms with Gasteiger partial charge in [0.1, 0.15) is 11.3 Å². The monoisotopic (exact) mass is 232 g/mol. The quantitative estimate of drug-likeness (QED) is 0.811. The number of benzene rings is 1. The summed E-state index contributed by atoms with van der Waals surface area (Å²) in [6.45, 7) is 0.451. The molecule has 0 heterocycles. The third-order valence-corrected chi connectivity index (χ3v) is 3.28. The van der Waals surface area contributed by atoms with Crippen LogP contribution in [0.25, 0.3) is 0 Å². The Labute approximate surface area is 101 Å². The summed E-state index contributed by atoms with van der Waals surface area (Å²) in [5, 5.41) is 21.4. The van der Waals surface area contributed by atoms with Gasteiger partial charge in [-0.25, -0.2) is 0 Å². The Hall–Kier alpha value is -1.57. The molecule has 1 unspecified atom stereocenters. The largest absolute Gasteiger partial charge is 0.497 e. The van der Waals surface area contributed by atoms with Gasteiger partial charge in [-0.05, 0) is 36.1 Å². The predicted molar refractivity (Wildman–Crippen MR) is 63.7 cm³/mol. The fourth-order valence-corrected chi connectivity index (χ4v) is 2.36. The maximum absolute atomic E-state index is 9.42. The van der Waals surface area contributed by atoms with Crippen LogP contribution in [-0.4, -0.2) is 25.4 Å². The number of nitrogens with one attached hydrogen (secondary N) is 1. The highest BCUT2D eigenvalue weighted by Crippen LogP contribution is 2.38. The van der Waals surface area contributed by atoms with Crippen LogP contribution >= 0.6 is 0 Å².